The molecule has 0 aliphatic rings. The van der Waals surface area contributed by atoms with E-state index in [0.29, 0.717) is 12.8 Å². The van der Waals surface area contributed by atoms with Gasteiger partial charge in [0.25, 0.3) is 0 Å². The Morgan fingerprint density at radius 3 is 2.73 bits per heavy atom. The molecule has 3 aromatic rings. The standard InChI is InChI=1S/C16H16N3O2.Li/c1-3-21-16(12-7-6-8-13(11-12)20-2)19-15-10-5-4-9-14(15)17-18-19;/h4-11H,3H2,1-2H3;/q-1;+1. The van der Waals surface area contributed by atoms with Crippen LogP contribution in [0.1, 0.15) is 12.5 Å². The molecule has 22 heavy (non-hydrogen) atoms. The molecule has 0 spiro atoms. The van der Waals surface area contributed by atoms with Crippen LogP contribution in [0.4, 0.5) is 0 Å². The van der Waals surface area contributed by atoms with Crippen molar-refractivity contribution >= 4 is 11.0 Å². The normalized spacial score (nSPS) is 10.3. The smallest absolute Gasteiger partial charge is 0.507 e. The van der Waals surface area contributed by atoms with Crippen LogP contribution < -0.4 is 23.6 Å². The van der Waals surface area contributed by atoms with Gasteiger partial charge in [0.1, 0.15) is 0 Å². The molecule has 0 unspecified atom stereocenters. The fourth-order valence-electron chi connectivity index (χ4n) is 2.18. The van der Waals surface area contributed by atoms with Crippen molar-refractivity contribution in [1.29, 1.82) is 0 Å². The molecule has 3 rings (SSSR count). The van der Waals surface area contributed by atoms with Gasteiger partial charge < -0.3 is 9.47 Å². The van der Waals surface area contributed by atoms with Crippen LogP contribution in [-0.2, 0) is 4.74 Å². The minimum absolute atomic E-state index is 0. The van der Waals surface area contributed by atoms with E-state index >= 15 is 0 Å². The van der Waals surface area contributed by atoms with Crippen molar-refractivity contribution in [1.82, 2.24) is 15.0 Å². The first-order valence-electron chi connectivity index (χ1n) is 6.78. The van der Waals surface area contributed by atoms with Gasteiger partial charge in [-0.1, -0.05) is 35.0 Å². The van der Waals surface area contributed by atoms with Crippen molar-refractivity contribution in [2.24, 2.45) is 0 Å². The number of methoxy groups -OCH3 is 1. The molecule has 108 valence electrons. The number of fused-ring (bicyclic) bond motifs is 1. The van der Waals surface area contributed by atoms with Crippen LogP contribution in [0, 0.1) is 6.23 Å². The topological polar surface area (TPSA) is 49.2 Å². The molecule has 1 heterocycles. The van der Waals surface area contributed by atoms with Crippen LogP contribution in [0.5, 0.6) is 5.75 Å². The van der Waals surface area contributed by atoms with Gasteiger partial charge in [-0.3, -0.25) is 4.68 Å². The summed E-state index contributed by atoms with van der Waals surface area (Å²) in [6.45, 7) is 2.49. The van der Waals surface area contributed by atoms with E-state index in [-0.39, 0.29) is 18.9 Å². The monoisotopic (exact) mass is 289 g/mol. The third-order valence-corrected chi connectivity index (χ3v) is 3.14. The van der Waals surface area contributed by atoms with Gasteiger partial charge >= 0.3 is 18.9 Å². The fraction of sp³-hybridized carbons (Fsp3) is 0.188. The molecule has 2 aromatic carbocycles. The fourth-order valence-corrected chi connectivity index (χ4v) is 2.18. The number of aromatic nitrogens is 3. The van der Waals surface area contributed by atoms with Crippen LogP contribution in [0.3, 0.4) is 0 Å². The molecule has 0 N–H and O–H groups in total. The predicted molar refractivity (Wildman–Crippen MR) is 79.9 cm³/mol. The molecule has 0 aliphatic heterocycles. The molecule has 0 fully saturated rings. The van der Waals surface area contributed by atoms with E-state index in [9.17, 15) is 0 Å². The second-order valence-electron chi connectivity index (χ2n) is 4.46. The first kappa shape index (κ1) is 16.4. The first-order chi connectivity index (χ1) is 10.3. The minimum Gasteiger partial charge on any atom is -0.507 e. The molecular formula is C16H16LiN3O2. The molecule has 5 nitrogen and oxygen atoms in total. The molecule has 1 aromatic heterocycles. The summed E-state index contributed by atoms with van der Waals surface area (Å²) in [6.07, 6.45) is 0.644. The van der Waals surface area contributed by atoms with Gasteiger partial charge in [-0.15, -0.1) is 17.2 Å². The zero-order chi connectivity index (χ0) is 14.7. The van der Waals surface area contributed by atoms with Crippen molar-refractivity contribution in [2.45, 2.75) is 6.92 Å². The second kappa shape index (κ2) is 7.37. The average molecular weight is 289 g/mol. The van der Waals surface area contributed by atoms with Gasteiger partial charge in [-0.2, -0.15) is 0 Å². The summed E-state index contributed by atoms with van der Waals surface area (Å²) in [5.41, 5.74) is 2.63. The second-order valence-corrected chi connectivity index (χ2v) is 4.46. The molecule has 0 saturated heterocycles. The largest absolute Gasteiger partial charge is 1.00 e. The van der Waals surface area contributed by atoms with E-state index in [1.54, 1.807) is 11.8 Å². The summed E-state index contributed by atoms with van der Waals surface area (Å²) in [4.78, 5) is 0. The van der Waals surface area contributed by atoms with Crippen molar-refractivity contribution in [3.05, 3.63) is 60.3 Å². The van der Waals surface area contributed by atoms with Crippen LogP contribution >= 0.6 is 0 Å². The van der Waals surface area contributed by atoms with E-state index in [4.69, 9.17) is 9.47 Å². The summed E-state index contributed by atoms with van der Waals surface area (Å²) < 4.78 is 12.8. The maximum absolute atomic E-state index is 5.80. The zero-order valence-electron chi connectivity index (χ0n) is 13.0. The maximum Gasteiger partial charge on any atom is 1.00 e. The quantitative estimate of drug-likeness (QED) is 0.485. The summed E-state index contributed by atoms with van der Waals surface area (Å²) in [5, 5.41) is 8.38. The van der Waals surface area contributed by atoms with E-state index in [2.05, 4.69) is 10.3 Å². The Morgan fingerprint density at radius 2 is 1.95 bits per heavy atom. The Balaban J connectivity index is 0.00000176. The Bertz CT molecular complexity index is 745. The number of benzene rings is 2. The number of para-hydroxylation sites is 1. The number of ether oxygens (including phenoxy) is 2. The van der Waals surface area contributed by atoms with Gasteiger partial charge in [-0.25, -0.2) is 0 Å². The molecule has 0 atom stereocenters. The molecule has 6 heteroatoms. The van der Waals surface area contributed by atoms with Crippen molar-refractivity contribution in [3.63, 3.8) is 0 Å². The zero-order valence-corrected chi connectivity index (χ0v) is 13.0. The molecule has 0 bridgehead atoms. The summed E-state index contributed by atoms with van der Waals surface area (Å²) in [7, 11) is 1.64. The Hall–Kier alpha value is -1.93. The van der Waals surface area contributed by atoms with Crippen LogP contribution in [-0.4, -0.2) is 28.7 Å². The van der Waals surface area contributed by atoms with Crippen molar-refractivity contribution in [3.8, 4) is 5.75 Å². The summed E-state index contributed by atoms with van der Waals surface area (Å²) >= 11 is 0. The molecule has 0 saturated carbocycles. The Kier molecular flexibility index (Phi) is 5.50. The number of nitrogens with zero attached hydrogens (tertiary/aromatic N) is 3. The van der Waals surface area contributed by atoms with Gasteiger partial charge in [0, 0.05) is 12.1 Å². The summed E-state index contributed by atoms with van der Waals surface area (Å²) in [5.74, 6) is 0.772. The molecule has 0 aliphatic carbocycles. The third kappa shape index (κ3) is 3.12. The minimum atomic E-state index is 0. The van der Waals surface area contributed by atoms with E-state index in [1.165, 1.54) is 0 Å². The van der Waals surface area contributed by atoms with Crippen molar-refractivity contribution < 1.29 is 28.3 Å². The SMILES string of the molecule is CCO[C-](c1cccc(OC)c1)n1nnc2ccccc21.[Li+]. The number of hydrogen-bond acceptors (Lipinski definition) is 4. The maximum atomic E-state index is 5.80. The van der Waals surface area contributed by atoms with Crippen molar-refractivity contribution in [2.75, 3.05) is 13.7 Å². The number of rotatable bonds is 5. The molecule has 0 radical (unpaired) electrons. The van der Waals surface area contributed by atoms with E-state index in [0.717, 1.165) is 22.3 Å². The van der Waals surface area contributed by atoms with Crippen LogP contribution in [0.25, 0.3) is 11.0 Å². The van der Waals surface area contributed by atoms with E-state index < -0.39 is 0 Å². The summed E-state index contributed by atoms with van der Waals surface area (Å²) in [6, 6.07) is 15.5. The third-order valence-electron chi connectivity index (χ3n) is 3.14. The van der Waals surface area contributed by atoms with Crippen LogP contribution in [0.15, 0.2) is 48.5 Å². The predicted octanol–water partition coefficient (Wildman–Crippen LogP) is -0.134. The van der Waals surface area contributed by atoms with Gasteiger partial charge in [-0.05, 0) is 19.1 Å². The Labute approximate surface area is 141 Å². The van der Waals surface area contributed by atoms with Gasteiger partial charge in [0.05, 0.1) is 24.6 Å². The average Bonchev–Trinajstić information content (AvgIpc) is 2.96. The molecule has 0 amide bonds. The number of hydrogen-bond donors (Lipinski definition) is 0. The van der Waals surface area contributed by atoms with E-state index in [1.807, 2.05) is 55.5 Å². The van der Waals surface area contributed by atoms with Gasteiger partial charge in [0.2, 0.25) is 0 Å². The Morgan fingerprint density at radius 1 is 1.14 bits per heavy atom. The van der Waals surface area contributed by atoms with Crippen LogP contribution in [0.2, 0.25) is 0 Å². The first-order valence-corrected chi connectivity index (χ1v) is 6.78. The molecular weight excluding hydrogens is 273 g/mol. The van der Waals surface area contributed by atoms with Gasteiger partial charge in [0.15, 0.2) is 0 Å².